The lowest BCUT2D eigenvalue weighted by molar-refractivity contribution is 0.0936. The molecule has 1 fully saturated rings. The summed E-state index contributed by atoms with van der Waals surface area (Å²) in [6.07, 6.45) is 4.50. The van der Waals surface area contributed by atoms with Crippen LogP contribution in [0.15, 0.2) is 40.1 Å². The number of halogens is 1. The predicted molar refractivity (Wildman–Crippen MR) is 99.8 cm³/mol. The Labute approximate surface area is 158 Å². The molecule has 7 nitrogen and oxygen atoms in total. The molecule has 2 aliphatic rings. The fourth-order valence-electron chi connectivity index (χ4n) is 3.91. The topological polar surface area (TPSA) is 96.8 Å². The maximum Gasteiger partial charge on any atom is 0.330 e. The standard InChI is InChI=1S/C20H17FN4O3/c21-12-2-5-14-10(7-12)1-6-16(14)23-18(26)11-8-15-17(22-9-11)25(13-3-4-13)20(28)24-19(15)27/h2,5,7-9,13,16H,1,3-4,6H2,(H,23,26)(H,24,27,28). The number of carbonyl (C=O) groups excluding carboxylic acids is 1. The Bertz CT molecular complexity index is 1240. The summed E-state index contributed by atoms with van der Waals surface area (Å²) in [5.74, 6) is -0.648. The SMILES string of the molecule is O=C(NC1CCc2cc(F)ccc21)c1cnc2c(c1)c(=O)[nH]c(=O)n2C1CC1. The van der Waals surface area contributed by atoms with Crippen LogP contribution in [0.2, 0.25) is 0 Å². The maximum absolute atomic E-state index is 13.4. The van der Waals surface area contributed by atoms with Gasteiger partial charge in [0, 0.05) is 12.2 Å². The summed E-state index contributed by atoms with van der Waals surface area (Å²) >= 11 is 0. The van der Waals surface area contributed by atoms with E-state index in [1.807, 2.05) is 0 Å². The van der Waals surface area contributed by atoms with Crippen LogP contribution < -0.4 is 16.6 Å². The van der Waals surface area contributed by atoms with Crippen LogP contribution in [0.25, 0.3) is 11.0 Å². The van der Waals surface area contributed by atoms with Crippen molar-refractivity contribution >= 4 is 16.9 Å². The van der Waals surface area contributed by atoms with Gasteiger partial charge in [-0.25, -0.2) is 14.2 Å². The second-order valence-corrected chi connectivity index (χ2v) is 7.36. The second-order valence-electron chi connectivity index (χ2n) is 7.36. The third kappa shape index (κ3) is 2.72. The number of amides is 1. The van der Waals surface area contributed by atoms with Crippen LogP contribution in [0.3, 0.4) is 0 Å². The first-order chi connectivity index (χ1) is 13.5. The van der Waals surface area contributed by atoms with Crippen molar-refractivity contribution in [1.29, 1.82) is 0 Å². The Hall–Kier alpha value is -3.29. The summed E-state index contributed by atoms with van der Waals surface area (Å²) in [6, 6.07) is 5.88. The molecule has 1 aromatic carbocycles. The fraction of sp³-hybridized carbons (Fsp3) is 0.300. The van der Waals surface area contributed by atoms with E-state index < -0.39 is 11.2 Å². The highest BCUT2D eigenvalue weighted by atomic mass is 19.1. The van der Waals surface area contributed by atoms with Crippen LogP contribution in [0.1, 0.15) is 52.8 Å². The average Bonchev–Trinajstić information content (AvgIpc) is 3.43. The van der Waals surface area contributed by atoms with E-state index in [1.54, 1.807) is 6.07 Å². The van der Waals surface area contributed by atoms with Crippen molar-refractivity contribution in [3.05, 3.63) is 73.8 Å². The average molecular weight is 380 g/mol. The minimum Gasteiger partial charge on any atom is -0.345 e. The van der Waals surface area contributed by atoms with Crippen molar-refractivity contribution in [2.24, 2.45) is 0 Å². The molecule has 0 spiro atoms. The first-order valence-corrected chi connectivity index (χ1v) is 9.25. The highest BCUT2D eigenvalue weighted by molar-refractivity contribution is 5.97. The van der Waals surface area contributed by atoms with E-state index in [-0.39, 0.29) is 34.8 Å². The van der Waals surface area contributed by atoms with Crippen molar-refractivity contribution < 1.29 is 9.18 Å². The molecule has 2 N–H and O–H groups in total. The molecule has 2 aliphatic carbocycles. The van der Waals surface area contributed by atoms with Crippen molar-refractivity contribution in [3.63, 3.8) is 0 Å². The van der Waals surface area contributed by atoms with Gasteiger partial charge in [-0.1, -0.05) is 6.07 Å². The van der Waals surface area contributed by atoms with E-state index in [9.17, 15) is 18.8 Å². The van der Waals surface area contributed by atoms with Gasteiger partial charge >= 0.3 is 5.69 Å². The van der Waals surface area contributed by atoms with Gasteiger partial charge in [0.2, 0.25) is 0 Å². The van der Waals surface area contributed by atoms with Gasteiger partial charge in [-0.2, -0.15) is 0 Å². The summed E-state index contributed by atoms with van der Waals surface area (Å²) in [5.41, 5.74) is 1.32. The molecule has 0 radical (unpaired) electrons. The lowest BCUT2D eigenvalue weighted by Gasteiger charge is -2.14. The molecule has 1 saturated carbocycles. The van der Waals surface area contributed by atoms with E-state index in [2.05, 4.69) is 15.3 Å². The smallest absolute Gasteiger partial charge is 0.330 e. The zero-order valence-corrected chi connectivity index (χ0v) is 14.9. The van der Waals surface area contributed by atoms with Crippen molar-refractivity contribution in [3.8, 4) is 0 Å². The van der Waals surface area contributed by atoms with Crippen molar-refractivity contribution in [2.75, 3.05) is 0 Å². The largest absolute Gasteiger partial charge is 0.345 e. The molecule has 0 saturated heterocycles. The lowest BCUT2D eigenvalue weighted by atomic mass is 10.1. The number of benzene rings is 1. The zero-order chi connectivity index (χ0) is 19.4. The normalized spacial score (nSPS) is 18.2. The Morgan fingerprint density at radius 1 is 1.21 bits per heavy atom. The van der Waals surface area contributed by atoms with Gasteiger partial charge in [0.15, 0.2) is 0 Å². The molecule has 3 aromatic rings. The number of pyridine rings is 1. The van der Waals surface area contributed by atoms with Crippen molar-refractivity contribution in [2.45, 2.75) is 37.8 Å². The van der Waals surface area contributed by atoms with Crippen LogP contribution in [-0.4, -0.2) is 20.4 Å². The number of aryl methyl sites for hydroxylation is 1. The molecular weight excluding hydrogens is 363 g/mol. The molecule has 2 heterocycles. The van der Waals surface area contributed by atoms with Gasteiger partial charge in [0.1, 0.15) is 11.5 Å². The summed E-state index contributed by atoms with van der Waals surface area (Å²) in [7, 11) is 0. The van der Waals surface area contributed by atoms with E-state index in [0.29, 0.717) is 18.5 Å². The summed E-state index contributed by atoms with van der Waals surface area (Å²) in [5, 5.41) is 3.15. The van der Waals surface area contributed by atoms with Gasteiger partial charge in [-0.15, -0.1) is 0 Å². The Balaban J connectivity index is 1.48. The molecule has 1 atom stereocenters. The molecule has 0 aliphatic heterocycles. The molecule has 2 aromatic heterocycles. The molecule has 28 heavy (non-hydrogen) atoms. The molecule has 142 valence electrons. The number of carbonyl (C=O) groups is 1. The predicted octanol–water partition coefficient (Wildman–Crippen LogP) is 1.98. The van der Waals surface area contributed by atoms with E-state index in [0.717, 1.165) is 24.0 Å². The highest BCUT2D eigenvalue weighted by Crippen LogP contribution is 2.35. The molecular formula is C20H17FN4O3. The Morgan fingerprint density at radius 2 is 2.04 bits per heavy atom. The molecule has 0 bridgehead atoms. The molecule has 8 heteroatoms. The quantitative estimate of drug-likeness (QED) is 0.726. The van der Waals surface area contributed by atoms with Crippen LogP contribution in [-0.2, 0) is 6.42 Å². The Kier molecular flexibility index (Phi) is 3.68. The number of hydrogen-bond donors (Lipinski definition) is 2. The number of aromatic amines is 1. The first kappa shape index (κ1) is 16.9. The fourth-order valence-corrected chi connectivity index (χ4v) is 3.91. The first-order valence-electron chi connectivity index (χ1n) is 9.25. The highest BCUT2D eigenvalue weighted by Gasteiger charge is 2.28. The number of nitrogens with one attached hydrogen (secondary N) is 2. The minimum absolute atomic E-state index is 0.0504. The molecule has 1 unspecified atom stereocenters. The van der Waals surface area contributed by atoms with Gasteiger partial charge in [0.05, 0.1) is 17.0 Å². The zero-order valence-electron chi connectivity index (χ0n) is 14.9. The van der Waals surface area contributed by atoms with Crippen molar-refractivity contribution in [1.82, 2.24) is 19.9 Å². The van der Waals surface area contributed by atoms with Gasteiger partial charge in [0.25, 0.3) is 11.5 Å². The summed E-state index contributed by atoms with van der Waals surface area (Å²) in [4.78, 5) is 43.6. The number of H-pyrrole nitrogens is 1. The lowest BCUT2D eigenvalue weighted by Crippen LogP contribution is -2.31. The van der Waals surface area contributed by atoms with Gasteiger partial charge in [-0.3, -0.25) is 19.1 Å². The molecule has 5 rings (SSSR count). The van der Waals surface area contributed by atoms with E-state index >= 15 is 0 Å². The number of aromatic nitrogens is 3. The monoisotopic (exact) mass is 380 g/mol. The van der Waals surface area contributed by atoms with Crippen LogP contribution in [0.5, 0.6) is 0 Å². The number of nitrogens with zero attached hydrogens (tertiary/aromatic N) is 2. The number of hydrogen-bond acceptors (Lipinski definition) is 4. The molecule has 1 amide bonds. The van der Waals surface area contributed by atoms with E-state index in [4.69, 9.17) is 0 Å². The number of rotatable bonds is 3. The van der Waals surface area contributed by atoms with Gasteiger partial charge < -0.3 is 5.32 Å². The van der Waals surface area contributed by atoms with Crippen LogP contribution >= 0.6 is 0 Å². The summed E-state index contributed by atoms with van der Waals surface area (Å²) in [6.45, 7) is 0. The summed E-state index contributed by atoms with van der Waals surface area (Å²) < 4.78 is 14.9. The van der Waals surface area contributed by atoms with Crippen LogP contribution in [0.4, 0.5) is 4.39 Å². The van der Waals surface area contributed by atoms with Crippen LogP contribution in [0, 0.1) is 5.82 Å². The third-order valence-electron chi connectivity index (χ3n) is 5.44. The maximum atomic E-state index is 13.4. The Morgan fingerprint density at radius 3 is 2.82 bits per heavy atom. The van der Waals surface area contributed by atoms with E-state index in [1.165, 1.54) is 29.0 Å². The minimum atomic E-state index is -0.555. The van der Waals surface area contributed by atoms with Gasteiger partial charge in [-0.05, 0) is 55.0 Å². The second kappa shape index (κ2) is 6.12. The number of fused-ring (bicyclic) bond motifs is 2. The third-order valence-corrected chi connectivity index (χ3v) is 5.44.